The smallest absolute Gasteiger partial charge is 0.174 e. The van der Waals surface area contributed by atoms with Gasteiger partial charge < -0.3 is 15.2 Å². The van der Waals surface area contributed by atoms with Crippen molar-refractivity contribution < 1.29 is 9.84 Å². The van der Waals surface area contributed by atoms with E-state index < -0.39 is 6.29 Å². The number of hydrogen-bond donors (Lipinski definition) is 2. The van der Waals surface area contributed by atoms with Gasteiger partial charge in [0.15, 0.2) is 6.29 Å². The third-order valence-corrected chi connectivity index (χ3v) is 4.99. The molecule has 0 aromatic heterocycles. The van der Waals surface area contributed by atoms with Crippen LogP contribution in [0.25, 0.3) is 0 Å². The number of ether oxygens (including phenoxy) is 1. The first-order valence-electron chi connectivity index (χ1n) is 7.81. The number of rotatable bonds is 3. The van der Waals surface area contributed by atoms with Gasteiger partial charge in [-0.15, -0.1) is 0 Å². The maximum atomic E-state index is 10.2. The van der Waals surface area contributed by atoms with Crippen molar-refractivity contribution in [3.63, 3.8) is 0 Å². The lowest BCUT2D eigenvalue weighted by Crippen LogP contribution is -2.29. The topological polar surface area (TPSA) is 54.4 Å². The van der Waals surface area contributed by atoms with Crippen LogP contribution in [0.5, 0.6) is 0 Å². The van der Waals surface area contributed by atoms with Gasteiger partial charge in [0.25, 0.3) is 0 Å². The van der Waals surface area contributed by atoms with Gasteiger partial charge >= 0.3 is 0 Å². The van der Waals surface area contributed by atoms with Crippen molar-refractivity contribution in [2.24, 2.45) is 0 Å². The molecule has 3 fully saturated rings. The molecular formula is C18H18N2O2. The Morgan fingerprint density at radius 2 is 1.55 bits per heavy atom. The molecule has 0 radical (unpaired) electrons. The minimum atomic E-state index is -0.686. The number of aliphatic hydroxyl groups excluding tert-OH is 1. The lowest BCUT2D eigenvalue weighted by atomic mass is 10.1. The molecule has 2 aromatic rings. The zero-order valence-corrected chi connectivity index (χ0v) is 12.0. The normalized spacial score (nSPS) is 42.0. The Kier molecular flexibility index (Phi) is 2.69. The lowest BCUT2D eigenvalue weighted by molar-refractivity contribution is -0.118. The first-order valence-corrected chi connectivity index (χ1v) is 7.81. The number of hydrogen-bond acceptors (Lipinski definition) is 4. The molecule has 4 nitrogen and oxygen atoms in total. The van der Waals surface area contributed by atoms with E-state index in [2.05, 4.69) is 58.7 Å². The van der Waals surface area contributed by atoms with Crippen LogP contribution in [-0.2, 0) is 4.74 Å². The highest BCUT2D eigenvalue weighted by molar-refractivity contribution is 5.33. The van der Waals surface area contributed by atoms with Gasteiger partial charge in [0.1, 0.15) is 6.23 Å². The minimum absolute atomic E-state index is 0.0459. The fourth-order valence-corrected chi connectivity index (χ4v) is 3.84. The van der Waals surface area contributed by atoms with Gasteiger partial charge in [-0.05, 0) is 11.1 Å². The van der Waals surface area contributed by atoms with Gasteiger partial charge in [0.2, 0.25) is 0 Å². The summed E-state index contributed by atoms with van der Waals surface area (Å²) in [7, 11) is 0. The van der Waals surface area contributed by atoms with Crippen LogP contribution in [-0.4, -0.2) is 34.6 Å². The Morgan fingerprint density at radius 1 is 0.909 bits per heavy atom. The summed E-state index contributed by atoms with van der Waals surface area (Å²) in [5.41, 5.74) is 2.55. The van der Waals surface area contributed by atoms with Crippen LogP contribution in [0, 0.1) is 0 Å². The van der Waals surface area contributed by atoms with Crippen LogP contribution in [0.3, 0.4) is 0 Å². The van der Waals surface area contributed by atoms with E-state index in [0.717, 1.165) is 0 Å². The first kappa shape index (κ1) is 12.8. The standard InChI is InChI=1S/C18H18N2O2/c21-18-16-15(12-9-5-2-6-10-12)20(16)17(22-18)14-13(19-14)11-7-3-1-4-8-11/h1-10,13-19,21H/t13-,14-,15-,16-,17-,18-,20?/m1/s1. The number of nitrogens with one attached hydrogen (secondary N) is 1. The second-order valence-corrected chi connectivity index (χ2v) is 6.29. The summed E-state index contributed by atoms with van der Waals surface area (Å²) in [5, 5.41) is 13.7. The Bertz CT molecular complexity index is 678. The average Bonchev–Trinajstić information content (AvgIpc) is 3.47. The van der Waals surface area contributed by atoms with Crippen LogP contribution >= 0.6 is 0 Å². The van der Waals surface area contributed by atoms with E-state index in [0.29, 0.717) is 6.04 Å². The highest BCUT2D eigenvalue weighted by atomic mass is 16.6. The molecule has 7 atom stereocenters. The second kappa shape index (κ2) is 4.64. The predicted octanol–water partition coefficient (Wildman–Crippen LogP) is 1.80. The maximum absolute atomic E-state index is 10.2. The predicted molar refractivity (Wildman–Crippen MR) is 81.8 cm³/mol. The van der Waals surface area contributed by atoms with Gasteiger partial charge in [-0.2, -0.15) is 0 Å². The molecule has 22 heavy (non-hydrogen) atoms. The van der Waals surface area contributed by atoms with Crippen molar-refractivity contribution in [1.82, 2.24) is 10.2 Å². The van der Waals surface area contributed by atoms with E-state index in [-0.39, 0.29) is 24.4 Å². The molecule has 1 unspecified atom stereocenters. The number of fused-ring (bicyclic) bond motifs is 1. The number of nitrogens with zero attached hydrogens (tertiary/aromatic N) is 1. The quantitative estimate of drug-likeness (QED) is 0.848. The Hall–Kier alpha value is -1.72. The second-order valence-electron chi connectivity index (χ2n) is 6.29. The van der Waals surface area contributed by atoms with Gasteiger partial charge in [0, 0.05) is 0 Å². The van der Waals surface area contributed by atoms with Crippen molar-refractivity contribution in [1.29, 1.82) is 0 Å². The molecular weight excluding hydrogens is 276 g/mol. The van der Waals surface area contributed by atoms with Gasteiger partial charge in [0.05, 0.1) is 24.2 Å². The molecule has 0 saturated carbocycles. The molecule has 3 saturated heterocycles. The molecule has 0 aliphatic carbocycles. The summed E-state index contributed by atoms with van der Waals surface area (Å²) in [6.07, 6.45) is -0.732. The first-order chi connectivity index (χ1) is 10.8. The molecule has 0 bridgehead atoms. The molecule has 3 aliphatic rings. The van der Waals surface area contributed by atoms with Crippen LogP contribution in [0.4, 0.5) is 0 Å². The van der Waals surface area contributed by atoms with Crippen molar-refractivity contribution in [2.75, 3.05) is 0 Å². The van der Waals surface area contributed by atoms with E-state index in [4.69, 9.17) is 4.74 Å². The summed E-state index contributed by atoms with van der Waals surface area (Å²) >= 11 is 0. The summed E-state index contributed by atoms with van der Waals surface area (Å²) in [6.45, 7) is 0. The molecule has 5 rings (SSSR count). The summed E-state index contributed by atoms with van der Waals surface area (Å²) in [6, 6.07) is 21.8. The van der Waals surface area contributed by atoms with Crippen LogP contribution < -0.4 is 5.32 Å². The maximum Gasteiger partial charge on any atom is 0.174 e. The Morgan fingerprint density at radius 3 is 2.23 bits per heavy atom. The van der Waals surface area contributed by atoms with Gasteiger partial charge in [-0.1, -0.05) is 60.7 Å². The van der Waals surface area contributed by atoms with Crippen LogP contribution in [0.1, 0.15) is 23.2 Å². The summed E-state index contributed by atoms with van der Waals surface area (Å²) < 4.78 is 5.77. The molecule has 0 amide bonds. The molecule has 2 N–H and O–H groups in total. The third kappa shape index (κ3) is 1.85. The summed E-state index contributed by atoms with van der Waals surface area (Å²) in [4.78, 5) is 2.29. The molecule has 3 heterocycles. The van der Waals surface area contributed by atoms with E-state index >= 15 is 0 Å². The highest BCUT2D eigenvalue weighted by Crippen LogP contribution is 2.55. The fraction of sp³-hybridized carbons (Fsp3) is 0.333. The molecule has 3 aliphatic heterocycles. The SMILES string of the molecule is O[C@@H]1O[C@H]([C@@H]2N[C@@H]2c2ccccc2)N2[C@@H]1[C@H]2c1ccccc1. The fourth-order valence-electron chi connectivity index (χ4n) is 3.84. The monoisotopic (exact) mass is 294 g/mol. The van der Waals surface area contributed by atoms with Gasteiger partial charge in [-0.3, -0.25) is 4.90 Å². The molecule has 112 valence electrons. The summed E-state index contributed by atoms with van der Waals surface area (Å²) in [5.74, 6) is 0. The number of aliphatic hydroxyl groups is 1. The van der Waals surface area contributed by atoms with Gasteiger partial charge in [-0.25, -0.2) is 0 Å². The zero-order valence-electron chi connectivity index (χ0n) is 12.0. The molecule has 2 aromatic carbocycles. The van der Waals surface area contributed by atoms with Crippen LogP contribution in [0.2, 0.25) is 0 Å². The van der Waals surface area contributed by atoms with Crippen molar-refractivity contribution >= 4 is 0 Å². The highest BCUT2D eigenvalue weighted by Gasteiger charge is 2.66. The average molecular weight is 294 g/mol. The zero-order chi connectivity index (χ0) is 14.7. The van der Waals surface area contributed by atoms with Crippen molar-refractivity contribution in [3.05, 3.63) is 71.8 Å². The third-order valence-electron chi connectivity index (χ3n) is 4.99. The van der Waals surface area contributed by atoms with E-state index in [1.807, 2.05) is 12.1 Å². The molecule has 0 spiro atoms. The molecule has 4 heteroatoms. The van der Waals surface area contributed by atoms with E-state index in [1.165, 1.54) is 11.1 Å². The largest absolute Gasteiger partial charge is 0.366 e. The number of benzene rings is 2. The Balaban J connectivity index is 1.35. The van der Waals surface area contributed by atoms with Crippen molar-refractivity contribution in [2.45, 2.75) is 36.7 Å². The van der Waals surface area contributed by atoms with E-state index in [1.54, 1.807) is 0 Å². The van der Waals surface area contributed by atoms with E-state index in [9.17, 15) is 5.11 Å². The lowest BCUT2D eigenvalue weighted by Gasteiger charge is -2.17. The minimum Gasteiger partial charge on any atom is -0.366 e. The Labute approximate surface area is 129 Å². The van der Waals surface area contributed by atoms with Crippen LogP contribution in [0.15, 0.2) is 60.7 Å². The van der Waals surface area contributed by atoms with Crippen molar-refractivity contribution in [3.8, 4) is 0 Å².